The molecule has 1 heterocycles. The molecule has 0 spiro atoms. The summed E-state index contributed by atoms with van der Waals surface area (Å²) in [4.78, 5) is 28.3. The quantitative estimate of drug-likeness (QED) is 0.277. The summed E-state index contributed by atoms with van der Waals surface area (Å²) in [7, 11) is -3.69. The average molecular weight is 611 g/mol. The number of benzene rings is 3. The maximum atomic E-state index is 13.2. The highest BCUT2D eigenvalue weighted by Gasteiger charge is 2.28. The Bertz CT molecular complexity index is 1480. The predicted octanol–water partition coefficient (Wildman–Crippen LogP) is 6.59. The molecule has 0 unspecified atom stereocenters. The number of nitrogens with zero attached hydrogens (tertiary/aromatic N) is 1. The second kappa shape index (κ2) is 13.5. The zero-order valence-corrected chi connectivity index (χ0v) is 25.0. The molecule has 0 atom stereocenters. The molecule has 42 heavy (non-hydrogen) atoms. The van der Waals surface area contributed by atoms with E-state index >= 15 is 0 Å². The van der Waals surface area contributed by atoms with Gasteiger partial charge in [-0.15, -0.1) is 0 Å². The third-order valence-corrected chi connectivity index (χ3v) is 10.7. The van der Waals surface area contributed by atoms with E-state index in [1.165, 1.54) is 48.5 Å². The van der Waals surface area contributed by atoms with Crippen molar-refractivity contribution in [1.82, 2.24) is 10.2 Å². The highest BCUT2D eigenvalue weighted by molar-refractivity contribution is 7.91. The summed E-state index contributed by atoms with van der Waals surface area (Å²) in [6, 6.07) is 18.0. The van der Waals surface area contributed by atoms with Crippen LogP contribution >= 0.6 is 11.6 Å². The number of hydrogen-bond acceptors (Lipinski definition) is 5. The fraction of sp³-hybridized carbons (Fsp3) is 0.394. The summed E-state index contributed by atoms with van der Waals surface area (Å²) < 4.78 is 38.9. The molecule has 1 amide bonds. The number of carbonyl (C=O) groups excluding carboxylic acids is 2. The zero-order valence-electron chi connectivity index (χ0n) is 23.5. The van der Waals surface area contributed by atoms with E-state index in [1.54, 1.807) is 24.3 Å². The van der Waals surface area contributed by atoms with E-state index in [0.717, 1.165) is 64.6 Å². The van der Waals surface area contributed by atoms with Gasteiger partial charge in [-0.3, -0.25) is 9.59 Å². The molecule has 1 saturated carbocycles. The molecule has 0 aromatic heterocycles. The first kappa shape index (κ1) is 30.4. The number of halogens is 2. The van der Waals surface area contributed by atoms with Crippen LogP contribution in [0.1, 0.15) is 65.7 Å². The number of rotatable bonds is 9. The third kappa shape index (κ3) is 7.46. The second-order valence-corrected chi connectivity index (χ2v) is 13.8. The van der Waals surface area contributed by atoms with Crippen molar-refractivity contribution in [2.24, 2.45) is 11.8 Å². The number of sulfone groups is 1. The molecule has 0 radical (unpaired) electrons. The summed E-state index contributed by atoms with van der Waals surface area (Å²) in [5.74, 6) is 0.235. The molecule has 2 fully saturated rings. The lowest BCUT2D eigenvalue weighted by Crippen LogP contribution is -2.39. The Hall–Kier alpha value is -3.07. The van der Waals surface area contributed by atoms with E-state index in [9.17, 15) is 22.4 Å². The molecular weight excluding hydrogens is 575 g/mol. The molecule has 1 N–H and O–H groups in total. The number of Topliss-reactive ketones (excluding diaryl/α,β-unsaturated/α-hetero) is 1. The van der Waals surface area contributed by atoms with Crippen molar-refractivity contribution in [1.29, 1.82) is 0 Å². The first-order valence-corrected chi connectivity index (χ1v) is 16.5. The van der Waals surface area contributed by atoms with Gasteiger partial charge in [0.1, 0.15) is 5.82 Å². The van der Waals surface area contributed by atoms with Crippen LogP contribution in [0.25, 0.3) is 0 Å². The van der Waals surface area contributed by atoms with Crippen LogP contribution in [-0.4, -0.2) is 50.7 Å². The Balaban J connectivity index is 1.02. The van der Waals surface area contributed by atoms with Gasteiger partial charge in [0.2, 0.25) is 9.84 Å². The largest absolute Gasteiger partial charge is 0.349 e. The lowest BCUT2D eigenvalue weighted by molar-refractivity contribution is 0.0832. The summed E-state index contributed by atoms with van der Waals surface area (Å²) in [5, 5.41) is 3.59. The van der Waals surface area contributed by atoms with Gasteiger partial charge >= 0.3 is 0 Å². The van der Waals surface area contributed by atoms with Crippen LogP contribution in [0.5, 0.6) is 0 Å². The average Bonchev–Trinajstić information content (AvgIpc) is 3.01. The maximum Gasteiger partial charge on any atom is 0.251 e. The molecule has 1 aliphatic carbocycles. The number of hydrogen-bond donors (Lipinski definition) is 1. The van der Waals surface area contributed by atoms with Gasteiger partial charge in [-0.25, -0.2) is 12.8 Å². The Morgan fingerprint density at radius 3 is 1.93 bits per heavy atom. The highest BCUT2D eigenvalue weighted by Crippen LogP contribution is 2.29. The molecule has 3 aromatic rings. The Labute approximate surface area is 252 Å². The lowest BCUT2D eigenvalue weighted by atomic mass is 9.83. The minimum atomic E-state index is -3.69. The lowest BCUT2D eigenvalue weighted by Gasteiger charge is -2.34. The summed E-state index contributed by atoms with van der Waals surface area (Å²) >= 11 is 5.87. The number of piperidine rings is 1. The fourth-order valence-corrected chi connectivity index (χ4v) is 7.42. The SMILES string of the molecule is O=C(NC1CCC(CCN2CCC(C(=O)c3ccc(F)cc3)CC2)CC1)c1ccc(S(=O)(=O)c2ccc(Cl)cc2)cc1. The smallest absolute Gasteiger partial charge is 0.251 e. The number of ketones is 1. The molecule has 0 bridgehead atoms. The van der Waals surface area contributed by atoms with Gasteiger partial charge in [0, 0.05) is 28.1 Å². The standard InChI is InChI=1S/C33H36ClFN2O4S/c34-27-7-15-31(16-8-27)42(40,41)30-13-5-26(6-14-30)33(39)36-29-11-1-23(2-12-29)17-20-37-21-18-25(19-22-37)32(38)24-3-9-28(35)10-4-24/h3-10,13-16,23,25,29H,1-2,11-12,17-22H2,(H,36,39). The first-order chi connectivity index (χ1) is 20.2. The minimum absolute atomic E-state index is 0.00912. The molecule has 3 aromatic carbocycles. The molecule has 1 saturated heterocycles. The van der Waals surface area contributed by atoms with Gasteiger partial charge in [-0.05, 0) is 143 Å². The van der Waals surface area contributed by atoms with E-state index in [4.69, 9.17) is 11.6 Å². The Morgan fingerprint density at radius 1 is 0.786 bits per heavy atom. The summed E-state index contributed by atoms with van der Waals surface area (Å²) in [6.07, 6.45) is 6.75. The molecule has 6 nitrogen and oxygen atoms in total. The molecule has 222 valence electrons. The highest BCUT2D eigenvalue weighted by atomic mass is 35.5. The molecule has 5 rings (SSSR count). The van der Waals surface area contributed by atoms with Crippen molar-refractivity contribution in [3.63, 3.8) is 0 Å². The number of nitrogens with one attached hydrogen (secondary N) is 1. The van der Waals surface area contributed by atoms with Gasteiger partial charge in [-0.1, -0.05) is 11.6 Å². The normalized spacial score (nSPS) is 20.2. The van der Waals surface area contributed by atoms with E-state index in [-0.39, 0.29) is 39.3 Å². The van der Waals surface area contributed by atoms with Crippen molar-refractivity contribution in [2.45, 2.75) is 60.8 Å². The maximum absolute atomic E-state index is 13.2. The molecule has 9 heteroatoms. The van der Waals surface area contributed by atoms with Gasteiger partial charge in [0.05, 0.1) is 9.79 Å². The van der Waals surface area contributed by atoms with Crippen LogP contribution < -0.4 is 5.32 Å². The van der Waals surface area contributed by atoms with Crippen molar-refractivity contribution >= 4 is 33.1 Å². The van der Waals surface area contributed by atoms with Crippen LogP contribution in [0.4, 0.5) is 4.39 Å². The van der Waals surface area contributed by atoms with Gasteiger partial charge in [-0.2, -0.15) is 0 Å². The van der Waals surface area contributed by atoms with Crippen molar-refractivity contribution in [3.8, 4) is 0 Å². The molecule has 1 aliphatic heterocycles. The fourth-order valence-electron chi connectivity index (χ4n) is 6.03. The monoisotopic (exact) mass is 610 g/mol. The van der Waals surface area contributed by atoms with Crippen molar-refractivity contribution < 1.29 is 22.4 Å². The third-order valence-electron chi connectivity index (χ3n) is 8.67. The van der Waals surface area contributed by atoms with E-state index in [0.29, 0.717) is 22.1 Å². The van der Waals surface area contributed by atoms with Crippen LogP contribution in [0.15, 0.2) is 82.6 Å². The second-order valence-electron chi connectivity index (χ2n) is 11.4. The predicted molar refractivity (Wildman–Crippen MR) is 161 cm³/mol. The first-order valence-electron chi connectivity index (χ1n) is 14.6. The van der Waals surface area contributed by atoms with E-state index in [1.807, 2.05) is 0 Å². The number of likely N-dealkylation sites (tertiary alicyclic amines) is 1. The topological polar surface area (TPSA) is 83.6 Å². The van der Waals surface area contributed by atoms with Crippen LogP contribution in [-0.2, 0) is 9.84 Å². The summed E-state index contributed by atoms with van der Waals surface area (Å²) in [6.45, 7) is 2.83. The Morgan fingerprint density at radius 2 is 1.33 bits per heavy atom. The van der Waals surface area contributed by atoms with Gasteiger partial charge < -0.3 is 10.2 Å². The van der Waals surface area contributed by atoms with Crippen LogP contribution in [0.2, 0.25) is 5.02 Å². The number of carbonyl (C=O) groups is 2. The summed E-state index contributed by atoms with van der Waals surface area (Å²) in [5.41, 5.74) is 1.03. The molecular formula is C33H36ClFN2O4S. The van der Waals surface area contributed by atoms with Crippen LogP contribution in [0, 0.1) is 17.7 Å². The zero-order chi connectivity index (χ0) is 29.7. The van der Waals surface area contributed by atoms with Crippen molar-refractivity contribution in [3.05, 3.63) is 94.8 Å². The Kier molecular flexibility index (Phi) is 9.76. The van der Waals surface area contributed by atoms with Gasteiger partial charge in [0.15, 0.2) is 5.78 Å². The number of amides is 1. The van der Waals surface area contributed by atoms with Crippen LogP contribution in [0.3, 0.4) is 0 Å². The minimum Gasteiger partial charge on any atom is -0.349 e. The van der Waals surface area contributed by atoms with Crippen molar-refractivity contribution in [2.75, 3.05) is 19.6 Å². The molecule has 2 aliphatic rings. The van der Waals surface area contributed by atoms with E-state index < -0.39 is 9.84 Å². The van der Waals surface area contributed by atoms with E-state index in [2.05, 4.69) is 10.2 Å². The van der Waals surface area contributed by atoms with Gasteiger partial charge in [0.25, 0.3) is 5.91 Å².